The molecule has 0 amide bonds. The van der Waals surface area contributed by atoms with E-state index in [0.29, 0.717) is 22.5 Å². The quantitative estimate of drug-likeness (QED) is 0.642. The minimum Gasteiger partial charge on any atom is -0.383 e. The molecule has 0 saturated carbocycles. The molecule has 0 aliphatic carbocycles. The average Bonchev–Trinajstić information content (AvgIpc) is 2.25. The molecule has 0 radical (unpaired) electrons. The van der Waals surface area contributed by atoms with Crippen molar-refractivity contribution in [2.24, 2.45) is 5.73 Å². The molecule has 1 aromatic heterocycles. The van der Waals surface area contributed by atoms with Gasteiger partial charge in [-0.25, -0.2) is 4.98 Å². The Hall–Kier alpha value is -0.670. The van der Waals surface area contributed by atoms with E-state index in [2.05, 4.69) is 15.3 Å². The minimum absolute atomic E-state index is 0.00263. The fourth-order valence-electron chi connectivity index (χ4n) is 1.18. The molecule has 90 valence electrons. The van der Waals surface area contributed by atoms with Gasteiger partial charge in [0.05, 0.1) is 12.9 Å². The van der Waals surface area contributed by atoms with Crippen molar-refractivity contribution in [3.8, 4) is 0 Å². The molecule has 0 fully saturated rings. The van der Waals surface area contributed by atoms with Crippen molar-refractivity contribution in [3.05, 3.63) is 20.3 Å². The molecule has 1 atom stereocenters. The number of halogens is 1. The van der Waals surface area contributed by atoms with Crippen LogP contribution in [0.5, 0.6) is 0 Å². The second kappa shape index (κ2) is 6.81. The summed E-state index contributed by atoms with van der Waals surface area (Å²) in [6.45, 7) is 1.19. The number of nitrogens with two attached hydrogens (primary N) is 1. The number of nitrogens with one attached hydrogen (secondary N) is 2. The Balaban J connectivity index is 2.43. The molecule has 1 rings (SSSR count). The zero-order valence-electron chi connectivity index (χ0n) is 9.00. The maximum atomic E-state index is 11.3. The second-order valence-electron chi connectivity index (χ2n) is 3.33. The summed E-state index contributed by atoms with van der Waals surface area (Å²) in [5.41, 5.74) is 5.62. The third kappa shape index (κ3) is 4.06. The van der Waals surface area contributed by atoms with E-state index < -0.39 is 0 Å². The van der Waals surface area contributed by atoms with Gasteiger partial charge in [-0.05, 0) is 29.0 Å². The van der Waals surface area contributed by atoms with Crippen LogP contribution >= 0.6 is 22.6 Å². The Morgan fingerprint density at radius 1 is 1.75 bits per heavy atom. The number of rotatable bonds is 6. The third-order valence-corrected chi connectivity index (χ3v) is 2.99. The lowest BCUT2D eigenvalue weighted by atomic mass is 10.2. The lowest BCUT2D eigenvalue weighted by Crippen LogP contribution is -2.28. The Morgan fingerprint density at radius 3 is 3.19 bits per heavy atom. The predicted molar refractivity (Wildman–Crippen MR) is 70.5 cm³/mol. The summed E-state index contributed by atoms with van der Waals surface area (Å²) in [6.07, 6.45) is 2.14. The molecule has 0 aliphatic rings. The highest BCUT2D eigenvalue weighted by Crippen LogP contribution is 2.08. The molecule has 7 heteroatoms. The zero-order valence-corrected chi connectivity index (χ0v) is 11.2. The van der Waals surface area contributed by atoms with Crippen LogP contribution in [0.25, 0.3) is 0 Å². The van der Waals surface area contributed by atoms with Gasteiger partial charge in [-0.2, -0.15) is 0 Å². The molecular weight excluding hydrogens is 323 g/mol. The number of hydrogen-bond donors (Lipinski definition) is 3. The van der Waals surface area contributed by atoms with Gasteiger partial charge in [-0.15, -0.1) is 0 Å². The molecule has 1 unspecified atom stereocenters. The van der Waals surface area contributed by atoms with Gasteiger partial charge in [-0.3, -0.25) is 4.79 Å². The van der Waals surface area contributed by atoms with E-state index in [1.54, 1.807) is 7.11 Å². The Bertz CT molecular complexity index is 382. The molecular formula is C9H15IN4O2. The van der Waals surface area contributed by atoms with E-state index >= 15 is 0 Å². The van der Waals surface area contributed by atoms with Gasteiger partial charge in [0.1, 0.15) is 9.39 Å². The van der Waals surface area contributed by atoms with E-state index in [0.717, 1.165) is 6.42 Å². The number of aromatic nitrogens is 2. The topological polar surface area (TPSA) is 93.0 Å². The Kier molecular flexibility index (Phi) is 5.71. The fourth-order valence-corrected chi connectivity index (χ4v) is 1.67. The normalized spacial score (nSPS) is 12.4. The van der Waals surface area contributed by atoms with E-state index in [1.165, 1.54) is 6.33 Å². The minimum atomic E-state index is -0.140. The zero-order chi connectivity index (χ0) is 12.0. The third-order valence-electron chi connectivity index (χ3n) is 1.98. The lowest BCUT2D eigenvalue weighted by molar-refractivity contribution is 0.178. The van der Waals surface area contributed by atoms with Crippen LogP contribution in [0.1, 0.15) is 6.42 Å². The number of anilines is 1. The molecule has 16 heavy (non-hydrogen) atoms. The second-order valence-corrected chi connectivity index (χ2v) is 4.40. The van der Waals surface area contributed by atoms with Gasteiger partial charge < -0.3 is 20.8 Å². The largest absolute Gasteiger partial charge is 0.383 e. The van der Waals surface area contributed by atoms with Crippen molar-refractivity contribution < 1.29 is 4.74 Å². The van der Waals surface area contributed by atoms with E-state index in [4.69, 9.17) is 10.5 Å². The fraction of sp³-hybridized carbons (Fsp3) is 0.556. The van der Waals surface area contributed by atoms with Crippen LogP contribution in [0.15, 0.2) is 11.1 Å². The molecule has 4 N–H and O–H groups in total. The number of aromatic amines is 1. The van der Waals surface area contributed by atoms with Gasteiger partial charge in [0.2, 0.25) is 0 Å². The Morgan fingerprint density at radius 2 is 2.50 bits per heavy atom. The first-order chi connectivity index (χ1) is 7.65. The first kappa shape index (κ1) is 13.4. The summed E-state index contributed by atoms with van der Waals surface area (Å²) in [4.78, 5) is 17.8. The number of H-pyrrole nitrogens is 1. The molecule has 0 aromatic carbocycles. The first-order valence-electron chi connectivity index (χ1n) is 4.86. The smallest absolute Gasteiger partial charge is 0.266 e. The van der Waals surface area contributed by atoms with Crippen LogP contribution in [0, 0.1) is 3.57 Å². The maximum absolute atomic E-state index is 11.3. The molecule has 0 spiro atoms. The molecule has 1 heterocycles. The van der Waals surface area contributed by atoms with Crippen molar-refractivity contribution in [1.82, 2.24) is 9.97 Å². The molecule has 1 aromatic rings. The van der Waals surface area contributed by atoms with Gasteiger partial charge in [0.25, 0.3) is 5.56 Å². The summed E-state index contributed by atoms with van der Waals surface area (Å²) in [5, 5.41) is 3.07. The van der Waals surface area contributed by atoms with Crippen molar-refractivity contribution >= 4 is 28.4 Å². The summed E-state index contributed by atoms with van der Waals surface area (Å²) >= 11 is 1.95. The molecule has 6 nitrogen and oxygen atoms in total. The number of ether oxygens (including phenoxy) is 1. The molecule has 0 saturated heterocycles. The summed E-state index contributed by atoms with van der Waals surface area (Å²) < 4.78 is 5.48. The van der Waals surface area contributed by atoms with Gasteiger partial charge >= 0.3 is 0 Å². The molecule has 0 aliphatic heterocycles. The summed E-state index contributed by atoms with van der Waals surface area (Å²) in [7, 11) is 1.62. The molecule has 0 bridgehead atoms. The van der Waals surface area contributed by atoms with Gasteiger partial charge in [0, 0.05) is 19.7 Å². The van der Waals surface area contributed by atoms with Crippen molar-refractivity contribution in [2.45, 2.75) is 12.5 Å². The first-order valence-corrected chi connectivity index (χ1v) is 5.94. The van der Waals surface area contributed by atoms with Crippen molar-refractivity contribution in [1.29, 1.82) is 0 Å². The van der Waals surface area contributed by atoms with Crippen LogP contribution in [-0.4, -0.2) is 36.3 Å². The Labute approximate surface area is 107 Å². The number of hydrogen-bond acceptors (Lipinski definition) is 5. The summed E-state index contributed by atoms with van der Waals surface area (Å²) in [6, 6.07) is -0.00263. The van der Waals surface area contributed by atoms with Gasteiger partial charge in [0.15, 0.2) is 0 Å². The number of methoxy groups -OCH3 is 1. The van der Waals surface area contributed by atoms with Crippen LogP contribution in [0.4, 0.5) is 5.82 Å². The van der Waals surface area contributed by atoms with Gasteiger partial charge in [-0.1, -0.05) is 0 Å². The lowest BCUT2D eigenvalue weighted by Gasteiger charge is -2.11. The standard InChI is InChI=1S/C9H15IN4O2/c1-16-4-6(11)2-3-12-8-7(10)9(15)14-5-13-8/h5-6H,2-4,11H2,1H3,(H2,12,13,14,15). The van der Waals surface area contributed by atoms with Crippen molar-refractivity contribution in [2.75, 3.05) is 25.6 Å². The average molecular weight is 338 g/mol. The highest BCUT2D eigenvalue weighted by Gasteiger charge is 2.05. The van der Waals surface area contributed by atoms with E-state index in [-0.39, 0.29) is 11.6 Å². The van der Waals surface area contributed by atoms with E-state index in [1.807, 2.05) is 22.6 Å². The predicted octanol–water partition coefficient (Wildman–Crippen LogP) is 0.150. The van der Waals surface area contributed by atoms with Crippen LogP contribution < -0.4 is 16.6 Å². The van der Waals surface area contributed by atoms with E-state index in [9.17, 15) is 4.79 Å². The van der Waals surface area contributed by atoms with Crippen molar-refractivity contribution in [3.63, 3.8) is 0 Å². The van der Waals surface area contributed by atoms with Crippen LogP contribution in [0.2, 0.25) is 0 Å². The maximum Gasteiger partial charge on any atom is 0.266 e. The SMILES string of the molecule is COCC(N)CCNc1nc[nH]c(=O)c1I. The van der Waals surface area contributed by atoms with Crippen LogP contribution in [0.3, 0.4) is 0 Å². The monoisotopic (exact) mass is 338 g/mol. The van der Waals surface area contributed by atoms with Crippen LogP contribution in [-0.2, 0) is 4.74 Å². The highest BCUT2D eigenvalue weighted by atomic mass is 127. The highest BCUT2D eigenvalue weighted by molar-refractivity contribution is 14.1. The summed E-state index contributed by atoms with van der Waals surface area (Å²) in [5.74, 6) is 0.592. The number of nitrogens with zero attached hydrogens (tertiary/aromatic N) is 1.